The summed E-state index contributed by atoms with van der Waals surface area (Å²) in [7, 11) is -3.25. The van der Waals surface area contributed by atoms with E-state index < -0.39 is 7.60 Å². The Morgan fingerprint density at radius 1 is 1.42 bits per heavy atom. The van der Waals surface area contributed by atoms with Crippen molar-refractivity contribution in [2.75, 3.05) is 13.3 Å². The molecule has 74 valence electrons. The summed E-state index contributed by atoms with van der Waals surface area (Å²) < 4.78 is 15.4. The molecule has 0 aromatic carbocycles. The molecule has 0 fully saturated rings. The molecule has 0 saturated heterocycles. The zero-order valence-corrected chi connectivity index (χ0v) is 9.23. The van der Waals surface area contributed by atoms with Gasteiger partial charge in [-0.1, -0.05) is 20.8 Å². The third kappa shape index (κ3) is 10.2. The molecule has 0 aromatic heterocycles. The lowest BCUT2D eigenvalue weighted by Gasteiger charge is -2.17. The van der Waals surface area contributed by atoms with Crippen molar-refractivity contribution in [1.82, 2.24) is 0 Å². The topological polar surface area (TPSA) is 46.5 Å². The van der Waals surface area contributed by atoms with Gasteiger partial charge in [0.05, 0.1) is 6.61 Å². The first-order valence-electron chi connectivity index (χ1n) is 4.15. The fourth-order valence-electron chi connectivity index (χ4n) is 0.836. The Morgan fingerprint density at radius 2 is 1.92 bits per heavy atom. The summed E-state index contributed by atoms with van der Waals surface area (Å²) in [4.78, 5) is 8.78. The summed E-state index contributed by atoms with van der Waals surface area (Å²) in [5.41, 5.74) is 0.274. The van der Waals surface area contributed by atoms with Crippen LogP contribution in [-0.2, 0) is 9.09 Å². The van der Waals surface area contributed by atoms with Gasteiger partial charge in [-0.15, -0.1) is 0 Å². The molecule has 0 aromatic rings. The van der Waals surface area contributed by atoms with E-state index in [1.807, 2.05) is 0 Å². The van der Waals surface area contributed by atoms with Crippen LogP contribution in [0.15, 0.2) is 0 Å². The summed E-state index contributed by atoms with van der Waals surface area (Å²) in [5, 5.41) is 0. The van der Waals surface area contributed by atoms with Crippen molar-refractivity contribution in [2.24, 2.45) is 5.41 Å². The highest BCUT2D eigenvalue weighted by Crippen LogP contribution is 2.36. The van der Waals surface area contributed by atoms with Crippen LogP contribution in [0, 0.1) is 5.41 Å². The zero-order chi connectivity index (χ0) is 9.83. The molecular formula is C8H19O3P. The minimum absolute atomic E-state index is 0.274. The van der Waals surface area contributed by atoms with Crippen molar-refractivity contribution in [3.8, 4) is 0 Å². The van der Waals surface area contributed by atoms with Crippen molar-refractivity contribution in [3.63, 3.8) is 0 Å². The molecule has 0 rings (SSSR count). The van der Waals surface area contributed by atoms with E-state index in [-0.39, 0.29) is 5.41 Å². The molecule has 3 nitrogen and oxygen atoms in total. The van der Waals surface area contributed by atoms with Gasteiger partial charge < -0.3 is 9.42 Å². The Kier molecular flexibility index (Phi) is 4.46. The smallest absolute Gasteiger partial charge is 0.324 e. The van der Waals surface area contributed by atoms with E-state index in [0.717, 1.165) is 12.8 Å². The normalized spacial score (nSPS) is 17.4. The SMILES string of the molecule is CC(C)(C)CCCOP(C)(=O)O. The third-order valence-electron chi connectivity index (χ3n) is 1.40. The predicted octanol–water partition coefficient (Wildman–Crippen LogP) is 2.64. The van der Waals surface area contributed by atoms with Crippen molar-refractivity contribution in [1.29, 1.82) is 0 Å². The molecule has 0 aliphatic carbocycles. The molecular weight excluding hydrogens is 175 g/mol. The molecule has 0 aliphatic heterocycles. The van der Waals surface area contributed by atoms with Crippen molar-refractivity contribution < 1.29 is 14.0 Å². The van der Waals surface area contributed by atoms with Gasteiger partial charge in [0.15, 0.2) is 0 Å². The molecule has 0 heterocycles. The minimum atomic E-state index is -3.25. The van der Waals surface area contributed by atoms with Gasteiger partial charge in [-0.2, -0.15) is 0 Å². The lowest BCUT2D eigenvalue weighted by atomic mass is 9.91. The second-order valence-corrected chi connectivity index (χ2v) is 6.16. The lowest BCUT2D eigenvalue weighted by Crippen LogP contribution is -2.06. The van der Waals surface area contributed by atoms with E-state index in [1.54, 1.807) is 0 Å². The van der Waals surface area contributed by atoms with Gasteiger partial charge in [-0.3, -0.25) is 4.57 Å². The minimum Gasteiger partial charge on any atom is -0.324 e. The van der Waals surface area contributed by atoms with Crippen LogP contribution in [0.25, 0.3) is 0 Å². The van der Waals surface area contributed by atoms with Crippen LogP contribution in [0.3, 0.4) is 0 Å². The van der Waals surface area contributed by atoms with Gasteiger partial charge in [0, 0.05) is 6.66 Å². The number of rotatable bonds is 4. The van der Waals surface area contributed by atoms with Crippen LogP contribution in [0.1, 0.15) is 33.6 Å². The standard InChI is InChI=1S/C8H19O3P/c1-8(2,3)6-5-7-11-12(4,9)10/h5-7H2,1-4H3,(H,9,10). The third-order valence-corrected chi connectivity index (χ3v) is 2.06. The van der Waals surface area contributed by atoms with Crippen molar-refractivity contribution >= 4 is 7.60 Å². The van der Waals surface area contributed by atoms with Gasteiger partial charge in [-0.25, -0.2) is 0 Å². The number of hydrogen-bond acceptors (Lipinski definition) is 2. The second kappa shape index (κ2) is 4.40. The van der Waals surface area contributed by atoms with Crippen molar-refractivity contribution in [3.05, 3.63) is 0 Å². The van der Waals surface area contributed by atoms with Crippen LogP contribution in [0.5, 0.6) is 0 Å². The van der Waals surface area contributed by atoms with Gasteiger partial charge in [-0.05, 0) is 18.3 Å². The lowest BCUT2D eigenvalue weighted by molar-refractivity contribution is 0.238. The molecule has 1 atom stereocenters. The fourth-order valence-corrected chi connectivity index (χ4v) is 1.30. The Hall–Kier alpha value is 0.150. The van der Waals surface area contributed by atoms with Crippen LogP contribution >= 0.6 is 7.60 Å². The highest BCUT2D eigenvalue weighted by Gasteiger charge is 2.12. The van der Waals surface area contributed by atoms with Gasteiger partial charge in [0.1, 0.15) is 0 Å². The first kappa shape index (κ1) is 12.2. The highest BCUT2D eigenvalue weighted by molar-refractivity contribution is 7.51. The average Bonchev–Trinajstić information content (AvgIpc) is 1.76. The largest absolute Gasteiger partial charge is 0.325 e. The zero-order valence-electron chi connectivity index (χ0n) is 8.33. The Balaban J connectivity index is 3.41. The summed E-state index contributed by atoms with van der Waals surface area (Å²) in [6.45, 7) is 8.00. The van der Waals surface area contributed by atoms with Gasteiger partial charge >= 0.3 is 7.60 Å². The molecule has 12 heavy (non-hydrogen) atoms. The summed E-state index contributed by atoms with van der Waals surface area (Å²) in [5.74, 6) is 0. The van der Waals surface area contributed by atoms with E-state index in [9.17, 15) is 4.57 Å². The molecule has 1 N–H and O–H groups in total. The van der Waals surface area contributed by atoms with Crippen LogP contribution < -0.4 is 0 Å². The van der Waals surface area contributed by atoms with E-state index in [2.05, 4.69) is 20.8 Å². The fraction of sp³-hybridized carbons (Fsp3) is 1.00. The summed E-state index contributed by atoms with van der Waals surface area (Å²) in [6, 6.07) is 0. The van der Waals surface area contributed by atoms with Gasteiger partial charge in [0.25, 0.3) is 0 Å². The van der Waals surface area contributed by atoms with Gasteiger partial charge in [0.2, 0.25) is 0 Å². The van der Waals surface area contributed by atoms with Crippen LogP contribution in [0.2, 0.25) is 0 Å². The Morgan fingerprint density at radius 3 is 2.25 bits per heavy atom. The van der Waals surface area contributed by atoms with Crippen molar-refractivity contribution in [2.45, 2.75) is 33.6 Å². The predicted molar refractivity (Wildman–Crippen MR) is 50.4 cm³/mol. The Bertz CT molecular complexity index is 166. The molecule has 1 unspecified atom stereocenters. The molecule has 0 bridgehead atoms. The first-order chi connectivity index (χ1) is 5.21. The van der Waals surface area contributed by atoms with Crippen LogP contribution in [0.4, 0.5) is 0 Å². The average molecular weight is 194 g/mol. The second-order valence-electron chi connectivity index (χ2n) is 4.30. The maximum atomic E-state index is 10.7. The summed E-state index contributed by atoms with van der Waals surface area (Å²) in [6.07, 6.45) is 1.84. The van der Waals surface area contributed by atoms with Crippen LogP contribution in [-0.4, -0.2) is 18.2 Å². The summed E-state index contributed by atoms with van der Waals surface area (Å²) >= 11 is 0. The van der Waals surface area contributed by atoms with E-state index >= 15 is 0 Å². The highest BCUT2D eigenvalue weighted by atomic mass is 31.2. The Labute approximate surface area is 74.7 Å². The monoisotopic (exact) mass is 194 g/mol. The molecule has 0 radical (unpaired) electrons. The quantitative estimate of drug-likeness (QED) is 0.552. The first-order valence-corrected chi connectivity index (χ1v) is 6.18. The maximum Gasteiger partial charge on any atom is 0.325 e. The maximum absolute atomic E-state index is 10.7. The molecule has 0 amide bonds. The molecule has 0 aliphatic rings. The van der Waals surface area contributed by atoms with E-state index in [1.165, 1.54) is 6.66 Å². The van der Waals surface area contributed by atoms with E-state index in [0.29, 0.717) is 6.61 Å². The molecule has 4 heteroatoms. The molecule has 0 saturated carbocycles. The number of hydrogen-bond donors (Lipinski definition) is 1. The van der Waals surface area contributed by atoms with E-state index in [4.69, 9.17) is 9.42 Å². The molecule has 0 spiro atoms.